The SMILES string of the molecule is CC(C)(C)c1ccc(C(Nc2ccccc2)C(=O)N2CCCCC2Cc2ccccc2)cc1. The van der Waals surface area contributed by atoms with E-state index in [4.69, 9.17) is 0 Å². The second-order valence-corrected chi connectivity index (χ2v) is 10.2. The zero-order valence-corrected chi connectivity index (χ0v) is 20.1. The molecular weight excluding hydrogens is 404 g/mol. The first-order valence-electron chi connectivity index (χ1n) is 12.2. The summed E-state index contributed by atoms with van der Waals surface area (Å²) in [4.78, 5) is 16.2. The largest absolute Gasteiger partial charge is 0.370 e. The molecule has 3 aromatic carbocycles. The van der Waals surface area contributed by atoms with Crippen molar-refractivity contribution < 1.29 is 4.79 Å². The number of carbonyl (C=O) groups excluding carboxylic acids is 1. The van der Waals surface area contributed by atoms with Gasteiger partial charge in [0.25, 0.3) is 0 Å². The first-order chi connectivity index (χ1) is 15.9. The van der Waals surface area contributed by atoms with Crippen LogP contribution in [0.2, 0.25) is 0 Å². The Labute approximate surface area is 198 Å². The maximum absolute atomic E-state index is 14.0. The first kappa shape index (κ1) is 23.1. The van der Waals surface area contributed by atoms with Gasteiger partial charge in [-0.05, 0) is 59.9 Å². The molecule has 0 aliphatic carbocycles. The molecule has 1 N–H and O–H groups in total. The van der Waals surface area contributed by atoms with Crippen LogP contribution in [-0.4, -0.2) is 23.4 Å². The zero-order valence-electron chi connectivity index (χ0n) is 20.1. The normalized spacial score (nSPS) is 17.4. The van der Waals surface area contributed by atoms with Gasteiger partial charge in [0.1, 0.15) is 6.04 Å². The van der Waals surface area contributed by atoms with E-state index in [-0.39, 0.29) is 17.4 Å². The minimum absolute atomic E-state index is 0.0819. The number of hydrogen-bond donors (Lipinski definition) is 1. The van der Waals surface area contributed by atoms with Crippen molar-refractivity contribution in [3.8, 4) is 0 Å². The molecule has 2 atom stereocenters. The Hall–Kier alpha value is -3.07. The molecule has 3 heteroatoms. The molecule has 1 aliphatic rings. The number of amides is 1. The molecule has 3 nitrogen and oxygen atoms in total. The van der Waals surface area contributed by atoms with Crippen molar-refractivity contribution >= 4 is 11.6 Å². The molecule has 0 spiro atoms. The van der Waals surface area contributed by atoms with E-state index in [0.717, 1.165) is 37.1 Å². The molecule has 3 aromatic rings. The van der Waals surface area contributed by atoms with Crippen LogP contribution in [0, 0.1) is 0 Å². The number of benzene rings is 3. The maximum Gasteiger partial charge on any atom is 0.249 e. The average molecular weight is 441 g/mol. The molecule has 0 saturated carbocycles. The van der Waals surface area contributed by atoms with Crippen molar-refractivity contribution in [2.75, 3.05) is 11.9 Å². The van der Waals surface area contributed by atoms with E-state index in [1.165, 1.54) is 17.5 Å². The number of anilines is 1. The van der Waals surface area contributed by atoms with Crippen LogP contribution in [0.5, 0.6) is 0 Å². The third-order valence-electron chi connectivity index (χ3n) is 6.67. The summed E-state index contributed by atoms with van der Waals surface area (Å²) in [5.41, 5.74) is 4.63. The zero-order chi connectivity index (χ0) is 23.3. The van der Waals surface area contributed by atoms with E-state index in [1.807, 2.05) is 36.4 Å². The highest BCUT2D eigenvalue weighted by atomic mass is 16.2. The molecule has 0 aromatic heterocycles. The summed E-state index contributed by atoms with van der Waals surface area (Å²) in [7, 11) is 0. The number of hydrogen-bond acceptors (Lipinski definition) is 2. The summed E-state index contributed by atoms with van der Waals surface area (Å²) in [6, 6.07) is 29.0. The van der Waals surface area contributed by atoms with Crippen LogP contribution >= 0.6 is 0 Å². The summed E-state index contributed by atoms with van der Waals surface area (Å²) in [5, 5.41) is 3.54. The standard InChI is InChI=1S/C30H36N2O/c1-30(2,3)25-19-17-24(18-20-25)28(31-26-14-8-5-9-15-26)29(33)32-21-11-10-16-27(32)22-23-12-6-4-7-13-23/h4-9,12-15,17-20,27-28,31H,10-11,16,21-22H2,1-3H3. The molecule has 0 bridgehead atoms. The van der Waals surface area contributed by atoms with E-state index in [2.05, 4.69) is 79.5 Å². The summed E-state index contributed by atoms with van der Waals surface area (Å²) >= 11 is 0. The van der Waals surface area contributed by atoms with Gasteiger partial charge < -0.3 is 10.2 Å². The van der Waals surface area contributed by atoms with Crippen LogP contribution in [0.4, 0.5) is 5.69 Å². The molecule has 4 rings (SSSR count). The molecule has 1 aliphatic heterocycles. The number of rotatable bonds is 6. The molecule has 1 heterocycles. The van der Waals surface area contributed by atoms with Gasteiger partial charge in [0, 0.05) is 18.3 Å². The van der Waals surface area contributed by atoms with Crippen molar-refractivity contribution in [3.63, 3.8) is 0 Å². The van der Waals surface area contributed by atoms with Gasteiger partial charge in [0.2, 0.25) is 5.91 Å². The van der Waals surface area contributed by atoms with Crippen molar-refractivity contribution in [1.29, 1.82) is 0 Å². The molecule has 1 fully saturated rings. The topological polar surface area (TPSA) is 32.3 Å². The molecule has 172 valence electrons. The van der Waals surface area contributed by atoms with E-state index in [1.54, 1.807) is 0 Å². The quantitative estimate of drug-likeness (QED) is 0.459. The van der Waals surface area contributed by atoms with Crippen molar-refractivity contribution in [1.82, 2.24) is 4.90 Å². The Morgan fingerprint density at radius 2 is 1.55 bits per heavy atom. The van der Waals surface area contributed by atoms with E-state index >= 15 is 0 Å². The Morgan fingerprint density at radius 1 is 0.909 bits per heavy atom. The second kappa shape index (κ2) is 10.2. The van der Waals surface area contributed by atoms with Crippen LogP contribution in [0.15, 0.2) is 84.9 Å². The third kappa shape index (κ3) is 5.84. The van der Waals surface area contributed by atoms with Gasteiger partial charge in [-0.1, -0.05) is 93.6 Å². The average Bonchev–Trinajstić information content (AvgIpc) is 2.83. The van der Waals surface area contributed by atoms with Gasteiger partial charge in [-0.25, -0.2) is 0 Å². The molecular formula is C30H36N2O. The number of carbonyl (C=O) groups is 1. The van der Waals surface area contributed by atoms with Crippen LogP contribution in [0.25, 0.3) is 0 Å². The highest BCUT2D eigenvalue weighted by Gasteiger charge is 2.32. The smallest absolute Gasteiger partial charge is 0.249 e. The number of piperidine rings is 1. The molecule has 0 radical (unpaired) electrons. The van der Waals surface area contributed by atoms with Crippen molar-refractivity contribution in [2.24, 2.45) is 0 Å². The van der Waals surface area contributed by atoms with E-state index in [9.17, 15) is 4.79 Å². The van der Waals surface area contributed by atoms with E-state index in [0.29, 0.717) is 0 Å². The molecule has 2 unspecified atom stereocenters. The predicted octanol–water partition coefficient (Wildman–Crippen LogP) is 6.76. The summed E-state index contributed by atoms with van der Waals surface area (Å²) < 4.78 is 0. The van der Waals surface area contributed by atoms with Gasteiger partial charge in [0.15, 0.2) is 0 Å². The first-order valence-corrected chi connectivity index (χ1v) is 12.2. The van der Waals surface area contributed by atoms with Crippen LogP contribution < -0.4 is 5.32 Å². The highest BCUT2D eigenvalue weighted by molar-refractivity contribution is 5.86. The van der Waals surface area contributed by atoms with Crippen LogP contribution in [0.1, 0.15) is 62.8 Å². The highest BCUT2D eigenvalue weighted by Crippen LogP contribution is 2.29. The Bertz CT molecular complexity index is 1020. The summed E-state index contributed by atoms with van der Waals surface area (Å²) in [6.07, 6.45) is 4.21. The Balaban J connectivity index is 1.62. The summed E-state index contributed by atoms with van der Waals surface area (Å²) in [5.74, 6) is 0.169. The van der Waals surface area contributed by atoms with Crippen molar-refractivity contribution in [2.45, 2.75) is 64.0 Å². The van der Waals surface area contributed by atoms with E-state index < -0.39 is 6.04 Å². The fraction of sp³-hybridized carbons (Fsp3) is 0.367. The van der Waals surface area contributed by atoms with Gasteiger partial charge >= 0.3 is 0 Å². The maximum atomic E-state index is 14.0. The molecule has 33 heavy (non-hydrogen) atoms. The Morgan fingerprint density at radius 3 is 2.18 bits per heavy atom. The number of likely N-dealkylation sites (tertiary alicyclic amines) is 1. The minimum Gasteiger partial charge on any atom is -0.370 e. The second-order valence-electron chi connectivity index (χ2n) is 10.2. The summed E-state index contributed by atoms with van der Waals surface area (Å²) in [6.45, 7) is 7.47. The lowest BCUT2D eigenvalue weighted by molar-refractivity contribution is -0.135. The lowest BCUT2D eigenvalue weighted by Gasteiger charge is -2.38. The van der Waals surface area contributed by atoms with Crippen molar-refractivity contribution in [3.05, 3.63) is 102 Å². The fourth-order valence-corrected chi connectivity index (χ4v) is 4.72. The van der Waals surface area contributed by atoms with Gasteiger partial charge in [-0.15, -0.1) is 0 Å². The lowest BCUT2D eigenvalue weighted by atomic mass is 9.86. The molecule has 1 saturated heterocycles. The number of para-hydroxylation sites is 1. The number of nitrogens with zero attached hydrogens (tertiary/aromatic N) is 1. The Kier molecular flexibility index (Phi) is 7.17. The number of nitrogens with one attached hydrogen (secondary N) is 1. The molecule has 1 amide bonds. The van der Waals surface area contributed by atoms with Gasteiger partial charge in [-0.3, -0.25) is 4.79 Å². The monoisotopic (exact) mass is 440 g/mol. The third-order valence-corrected chi connectivity index (χ3v) is 6.67. The lowest BCUT2D eigenvalue weighted by Crippen LogP contribution is -2.48. The minimum atomic E-state index is -0.405. The van der Waals surface area contributed by atoms with Gasteiger partial charge in [0.05, 0.1) is 0 Å². The van der Waals surface area contributed by atoms with Crippen LogP contribution in [0.3, 0.4) is 0 Å². The predicted molar refractivity (Wildman–Crippen MR) is 137 cm³/mol. The van der Waals surface area contributed by atoms with Gasteiger partial charge in [-0.2, -0.15) is 0 Å². The fourth-order valence-electron chi connectivity index (χ4n) is 4.72. The van der Waals surface area contributed by atoms with Crippen LogP contribution in [-0.2, 0) is 16.6 Å².